The van der Waals surface area contributed by atoms with E-state index in [1.165, 1.54) is 6.07 Å². The van der Waals surface area contributed by atoms with Gasteiger partial charge in [-0.25, -0.2) is 0 Å². The zero-order chi connectivity index (χ0) is 20.6. The molecule has 0 aliphatic rings. The minimum Gasteiger partial charge on any atom is -0.398 e. The predicted octanol–water partition coefficient (Wildman–Crippen LogP) is 3.83. The van der Waals surface area contributed by atoms with Crippen LogP contribution in [0.3, 0.4) is 0 Å². The van der Waals surface area contributed by atoms with Crippen LogP contribution >= 0.6 is 0 Å². The van der Waals surface area contributed by atoms with Gasteiger partial charge in [0.2, 0.25) is 0 Å². The fraction of sp³-hybridized carbons (Fsp3) is 0.500. The number of alkyl halides is 9. The highest BCUT2D eigenvalue weighted by Gasteiger charge is 2.81. The molecule has 1 rings (SSSR count). The minimum atomic E-state index is -7.05. The molecule has 0 fully saturated rings. The molecule has 0 radical (unpaired) electrons. The van der Waals surface area contributed by atoms with E-state index in [4.69, 9.17) is 5.73 Å². The first kappa shape index (κ1) is 22.3. The first-order chi connectivity index (χ1) is 11.5. The molecule has 0 unspecified atom stereocenters. The lowest BCUT2D eigenvalue weighted by Crippen LogP contribution is -2.61. The van der Waals surface area contributed by atoms with Gasteiger partial charge in [0.15, 0.2) is 0 Å². The van der Waals surface area contributed by atoms with E-state index in [0.717, 1.165) is 18.2 Å². The number of halogens is 9. The second kappa shape index (κ2) is 6.79. The Morgan fingerprint density at radius 1 is 0.885 bits per heavy atom. The Kier molecular flexibility index (Phi) is 5.84. The van der Waals surface area contributed by atoms with E-state index < -0.39 is 57.7 Å². The maximum atomic E-state index is 13.3. The molecule has 0 aliphatic carbocycles. The molecule has 150 valence electrons. The van der Waals surface area contributed by atoms with Crippen LogP contribution in [0.15, 0.2) is 29.2 Å². The Hall–Kier alpha value is -1.70. The second-order valence-corrected chi connectivity index (χ2v) is 6.50. The predicted molar refractivity (Wildman–Crippen MR) is 69.5 cm³/mol. The lowest BCUT2D eigenvalue weighted by molar-refractivity contribution is -0.397. The monoisotopic (exact) mass is 419 g/mol. The van der Waals surface area contributed by atoms with E-state index in [1.54, 1.807) is 0 Å². The molecular weight excluding hydrogens is 409 g/mol. The summed E-state index contributed by atoms with van der Waals surface area (Å²) in [5.41, 5.74) is 4.89. The first-order valence-electron chi connectivity index (χ1n) is 6.41. The number of anilines is 1. The Labute approximate surface area is 140 Å². The average molecular weight is 419 g/mol. The van der Waals surface area contributed by atoms with Gasteiger partial charge in [0.1, 0.15) is 4.90 Å². The van der Waals surface area contributed by atoms with Crippen molar-refractivity contribution in [2.45, 2.75) is 35.3 Å². The van der Waals surface area contributed by atoms with E-state index in [0.29, 0.717) is 0 Å². The number of nitrogens with two attached hydrogens (primary N) is 1. The molecular formula is C12H10F9NO3S. The third-order valence-electron chi connectivity index (χ3n) is 3.05. The van der Waals surface area contributed by atoms with Crippen LogP contribution in [0.2, 0.25) is 0 Å². The smallest absolute Gasteiger partial charge is 0.398 e. The molecule has 0 aliphatic heterocycles. The average Bonchev–Trinajstić information content (AvgIpc) is 2.45. The van der Waals surface area contributed by atoms with E-state index >= 15 is 0 Å². The number of hydrogen-bond donors (Lipinski definition) is 1. The molecule has 26 heavy (non-hydrogen) atoms. The van der Waals surface area contributed by atoms with Crippen LogP contribution in [0, 0.1) is 0 Å². The fourth-order valence-corrected chi connectivity index (χ4v) is 2.65. The SMILES string of the molecule is Nc1ccccc1S(=O)(=O)OCCC(F)(F)C(F)(F)C(F)(F)C(F)(F)F. The van der Waals surface area contributed by atoms with Crippen LogP contribution in [0.4, 0.5) is 45.2 Å². The van der Waals surface area contributed by atoms with Gasteiger partial charge >= 0.3 is 23.9 Å². The number of rotatable bonds is 7. The van der Waals surface area contributed by atoms with Crippen molar-refractivity contribution in [1.82, 2.24) is 0 Å². The largest absolute Gasteiger partial charge is 0.460 e. The van der Waals surface area contributed by atoms with Crippen molar-refractivity contribution in [3.8, 4) is 0 Å². The molecule has 1 aromatic rings. The lowest BCUT2D eigenvalue weighted by Gasteiger charge is -2.33. The molecule has 0 saturated carbocycles. The summed E-state index contributed by atoms with van der Waals surface area (Å²) in [5, 5.41) is 0. The number of benzene rings is 1. The van der Waals surface area contributed by atoms with E-state index in [1.807, 2.05) is 0 Å². The van der Waals surface area contributed by atoms with Gasteiger partial charge < -0.3 is 5.73 Å². The van der Waals surface area contributed by atoms with Crippen molar-refractivity contribution in [2.24, 2.45) is 0 Å². The van der Waals surface area contributed by atoms with Gasteiger partial charge in [-0.05, 0) is 12.1 Å². The van der Waals surface area contributed by atoms with Crippen molar-refractivity contribution in [3.05, 3.63) is 24.3 Å². The van der Waals surface area contributed by atoms with Crippen molar-refractivity contribution in [1.29, 1.82) is 0 Å². The summed E-state index contributed by atoms with van der Waals surface area (Å²) in [6.45, 7) is -1.80. The van der Waals surface area contributed by atoms with Gasteiger partial charge in [-0.15, -0.1) is 0 Å². The molecule has 2 N–H and O–H groups in total. The van der Waals surface area contributed by atoms with Gasteiger partial charge in [0, 0.05) is 6.42 Å². The normalized spacial score (nSPS) is 14.5. The second-order valence-electron chi connectivity index (χ2n) is 4.91. The summed E-state index contributed by atoms with van der Waals surface area (Å²) in [4.78, 5) is -0.726. The molecule has 0 aromatic heterocycles. The zero-order valence-electron chi connectivity index (χ0n) is 12.3. The molecule has 14 heteroatoms. The van der Waals surface area contributed by atoms with Gasteiger partial charge in [0.25, 0.3) is 10.1 Å². The Bertz CT molecular complexity index is 747. The maximum Gasteiger partial charge on any atom is 0.460 e. The highest BCUT2D eigenvalue weighted by atomic mass is 32.2. The molecule has 4 nitrogen and oxygen atoms in total. The third kappa shape index (κ3) is 4.00. The summed E-state index contributed by atoms with van der Waals surface area (Å²) in [7, 11) is -4.84. The van der Waals surface area contributed by atoms with Crippen molar-refractivity contribution in [3.63, 3.8) is 0 Å². The van der Waals surface area contributed by atoms with Crippen LogP contribution in [0.25, 0.3) is 0 Å². The molecule has 1 aromatic carbocycles. The fourth-order valence-electron chi connectivity index (χ4n) is 1.62. The summed E-state index contributed by atoms with van der Waals surface area (Å²) in [6, 6.07) is 4.39. The summed E-state index contributed by atoms with van der Waals surface area (Å²) < 4.78 is 141. The van der Waals surface area contributed by atoms with E-state index in [2.05, 4.69) is 4.18 Å². The van der Waals surface area contributed by atoms with Gasteiger partial charge in [-0.3, -0.25) is 4.18 Å². The van der Waals surface area contributed by atoms with Crippen LogP contribution in [-0.2, 0) is 14.3 Å². The van der Waals surface area contributed by atoms with E-state index in [9.17, 15) is 47.9 Å². The molecule has 0 atom stereocenters. The highest BCUT2D eigenvalue weighted by Crippen LogP contribution is 2.54. The maximum absolute atomic E-state index is 13.3. The summed E-state index contributed by atoms with van der Waals surface area (Å²) >= 11 is 0. The molecule has 0 spiro atoms. The van der Waals surface area contributed by atoms with E-state index in [-0.39, 0.29) is 0 Å². The van der Waals surface area contributed by atoms with Gasteiger partial charge in [-0.1, -0.05) is 12.1 Å². The quantitative estimate of drug-likeness (QED) is 0.414. The Morgan fingerprint density at radius 2 is 1.38 bits per heavy atom. The van der Waals surface area contributed by atoms with Crippen LogP contribution in [0.5, 0.6) is 0 Å². The Balaban J connectivity index is 2.94. The van der Waals surface area contributed by atoms with Gasteiger partial charge in [-0.2, -0.15) is 47.9 Å². The number of nitrogen functional groups attached to an aromatic ring is 1. The minimum absolute atomic E-state index is 0.395. The van der Waals surface area contributed by atoms with Crippen LogP contribution in [0.1, 0.15) is 6.42 Å². The van der Waals surface area contributed by atoms with Crippen molar-refractivity contribution in [2.75, 3.05) is 12.3 Å². The van der Waals surface area contributed by atoms with Crippen molar-refractivity contribution >= 4 is 15.8 Å². The zero-order valence-corrected chi connectivity index (χ0v) is 13.2. The summed E-state index contributed by atoms with van der Waals surface area (Å²) in [6.07, 6.45) is -9.39. The van der Waals surface area contributed by atoms with Crippen LogP contribution in [-0.4, -0.2) is 39.0 Å². The van der Waals surface area contributed by atoms with Crippen molar-refractivity contribution < 1.29 is 52.1 Å². The van der Waals surface area contributed by atoms with Gasteiger partial charge in [0.05, 0.1) is 12.3 Å². The number of hydrogen-bond acceptors (Lipinski definition) is 4. The standard InChI is InChI=1S/C12H10F9NO3S/c13-9(14,10(15,16)11(17,18)12(19,20)21)5-6-25-26(23,24)8-4-2-1-3-7(8)22/h1-4H,5-6,22H2. The molecule has 0 heterocycles. The summed E-state index contributed by atoms with van der Waals surface area (Å²) in [5.74, 6) is -19.8. The topological polar surface area (TPSA) is 69.4 Å². The molecule has 0 saturated heterocycles. The third-order valence-corrected chi connectivity index (χ3v) is 4.44. The molecule has 0 amide bonds. The highest BCUT2D eigenvalue weighted by molar-refractivity contribution is 7.87. The Morgan fingerprint density at radius 3 is 1.85 bits per heavy atom. The number of para-hydroxylation sites is 1. The first-order valence-corrected chi connectivity index (χ1v) is 7.82. The van der Waals surface area contributed by atoms with Crippen LogP contribution < -0.4 is 5.73 Å². The molecule has 0 bridgehead atoms. The lowest BCUT2D eigenvalue weighted by atomic mass is 10.0.